The van der Waals surface area contributed by atoms with Gasteiger partial charge in [-0.3, -0.25) is 28.8 Å². The first-order chi connectivity index (χ1) is 34.8. The van der Waals surface area contributed by atoms with E-state index in [2.05, 4.69) is 31.3 Å². The molecule has 0 aromatic carbocycles. The summed E-state index contributed by atoms with van der Waals surface area (Å²) in [5, 5.41) is 3.02. The van der Waals surface area contributed by atoms with Crippen molar-refractivity contribution in [3.8, 4) is 0 Å². The van der Waals surface area contributed by atoms with E-state index in [4.69, 9.17) is 33.2 Å². The van der Waals surface area contributed by atoms with E-state index >= 15 is 0 Å². The maximum Gasteiger partial charge on any atom is 0.303 e. The molecule has 1 fully saturated rings. The van der Waals surface area contributed by atoms with Gasteiger partial charge in [0.25, 0.3) is 0 Å². The lowest BCUT2D eigenvalue weighted by Gasteiger charge is -2.44. The SMILES string of the molecule is CCCCCCCCC=CCCCCCCCCCCCCCC(=O)NC(COC1OC(COC(C)=O)C(OC(C)=O)C(OC(C)=O)C1OC(C)=O)C(C=CCCCCCCCCCCCCC)OC(C)=O. The van der Waals surface area contributed by atoms with Crippen LogP contribution in [0.1, 0.15) is 254 Å². The molecule has 14 nitrogen and oxygen atoms in total. The van der Waals surface area contributed by atoms with E-state index in [-0.39, 0.29) is 18.9 Å². The van der Waals surface area contributed by atoms with Gasteiger partial charge in [-0.05, 0) is 51.0 Å². The van der Waals surface area contributed by atoms with Gasteiger partial charge in [-0.2, -0.15) is 0 Å². The maximum atomic E-state index is 13.6. The highest BCUT2D eigenvalue weighted by molar-refractivity contribution is 5.76. The Labute approximate surface area is 435 Å². The molecule has 0 spiro atoms. The van der Waals surface area contributed by atoms with Gasteiger partial charge < -0.3 is 38.5 Å². The fourth-order valence-electron chi connectivity index (χ4n) is 9.04. The molecule has 7 atom stereocenters. The van der Waals surface area contributed by atoms with Gasteiger partial charge in [0, 0.05) is 41.0 Å². The summed E-state index contributed by atoms with van der Waals surface area (Å²) in [5.74, 6) is -3.77. The van der Waals surface area contributed by atoms with E-state index in [0.717, 1.165) is 65.7 Å². The Morgan fingerprint density at radius 1 is 0.472 bits per heavy atom. The molecule has 72 heavy (non-hydrogen) atoms. The molecule has 1 saturated heterocycles. The van der Waals surface area contributed by atoms with Crippen LogP contribution < -0.4 is 5.32 Å². The van der Waals surface area contributed by atoms with Crippen molar-refractivity contribution in [2.45, 2.75) is 297 Å². The number of ether oxygens (including phenoxy) is 7. The number of unbranched alkanes of at least 4 members (excludes halogenated alkanes) is 28. The van der Waals surface area contributed by atoms with Gasteiger partial charge in [-0.25, -0.2) is 0 Å². The van der Waals surface area contributed by atoms with Crippen LogP contribution in [0.2, 0.25) is 0 Å². The number of carbonyl (C=O) groups is 6. The molecule has 14 heteroatoms. The summed E-state index contributed by atoms with van der Waals surface area (Å²) in [6, 6.07) is -0.923. The van der Waals surface area contributed by atoms with Crippen LogP contribution in [0.25, 0.3) is 0 Å². The highest BCUT2D eigenvalue weighted by atomic mass is 16.7. The first kappa shape index (κ1) is 66.2. The van der Waals surface area contributed by atoms with Crippen LogP contribution >= 0.6 is 0 Å². The molecule has 0 aromatic rings. The van der Waals surface area contributed by atoms with E-state index in [1.54, 1.807) is 6.08 Å². The summed E-state index contributed by atoms with van der Waals surface area (Å²) in [4.78, 5) is 75.2. The molecule has 1 N–H and O–H groups in total. The molecule has 0 radical (unpaired) electrons. The number of esters is 5. The minimum absolute atomic E-state index is 0.249. The van der Waals surface area contributed by atoms with Crippen LogP contribution in [0.4, 0.5) is 0 Å². The molecule has 416 valence electrons. The van der Waals surface area contributed by atoms with E-state index in [1.807, 2.05) is 6.08 Å². The first-order valence-corrected chi connectivity index (χ1v) is 28.5. The zero-order valence-electron chi connectivity index (χ0n) is 46.2. The third-order valence-electron chi connectivity index (χ3n) is 12.9. The van der Waals surface area contributed by atoms with Crippen molar-refractivity contribution in [3.05, 3.63) is 24.3 Å². The number of hydrogen-bond donors (Lipinski definition) is 1. The molecule has 0 aliphatic carbocycles. The van der Waals surface area contributed by atoms with Gasteiger partial charge in [0.05, 0.1) is 12.6 Å². The van der Waals surface area contributed by atoms with Crippen LogP contribution in [0.3, 0.4) is 0 Å². The number of amides is 1. The Hall–Kier alpha value is -3.78. The van der Waals surface area contributed by atoms with Gasteiger partial charge in [0.1, 0.15) is 18.8 Å². The fourth-order valence-corrected chi connectivity index (χ4v) is 9.04. The molecule has 1 heterocycles. The van der Waals surface area contributed by atoms with Crippen molar-refractivity contribution in [2.24, 2.45) is 0 Å². The zero-order chi connectivity index (χ0) is 53.0. The van der Waals surface area contributed by atoms with E-state index in [0.29, 0.717) is 6.42 Å². The summed E-state index contributed by atoms with van der Waals surface area (Å²) in [6.45, 7) is 9.68. The van der Waals surface area contributed by atoms with E-state index in [9.17, 15) is 28.8 Å². The molecular weight excluding hydrogens is 919 g/mol. The van der Waals surface area contributed by atoms with Crippen molar-refractivity contribution in [1.29, 1.82) is 0 Å². The van der Waals surface area contributed by atoms with Crippen LogP contribution in [0.5, 0.6) is 0 Å². The van der Waals surface area contributed by atoms with Crippen LogP contribution in [0.15, 0.2) is 24.3 Å². The largest absolute Gasteiger partial charge is 0.463 e. The fraction of sp³-hybridized carbons (Fsp3) is 0.828. The number of nitrogens with one attached hydrogen (secondary N) is 1. The Balaban J connectivity index is 2.92. The van der Waals surface area contributed by atoms with Crippen molar-refractivity contribution >= 4 is 35.8 Å². The van der Waals surface area contributed by atoms with Gasteiger partial charge >= 0.3 is 29.8 Å². The van der Waals surface area contributed by atoms with Crippen molar-refractivity contribution in [2.75, 3.05) is 13.2 Å². The predicted octanol–water partition coefficient (Wildman–Crippen LogP) is 13.1. The van der Waals surface area contributed by atoms with Crippen LogP contribution in [0, 0.1) is 0 Å². The number of carbonyl (C=O) groups excluding carboxylic acids is 6. The van der Waals surface area contributed by atoms with Crippen LogP contribution in [-0.4, -0.2) is 91.8 Å². The minimum atomic E-state index is -1.48. The Morgan fingerprint density at radius 2 is 0.875 bits per heavy atom. The predicted molar refractivity (Wildman–Crippen MR) is 283 cm³/mol. The third-order valence-corrected chi connectivity index (χ3v) is 12.9. The average Bonchev–Trinajstić information content (AvgIpc) is 3.32. The quantitative estimate of drug-likeness (QED) is 0.0264. The third kappa shape index (κ3) is 36.2. The second-order valence-electron chi connectivity index (χ2n) is 19.9. The second kappa shape index (κ2) is 44.7. The summed E-state index contributed by atoms with van der Waals surface area (Å²) in [5.41, 5.74) is 0. The van der Waals surface area contributed by atoms with E-state index in [1.165, 1.54) is 162 Å². The number of hydrogen-bond acceptors (Lipinski definition) is 13. The van der Waals surface area contributed by atoms with Crippen molar-refractivity contribution in [1.82, 2.24) is 5.32 Å². The summed E-state index contributed by atoms with van der Waals surface area (Å²) < 4.78 is 40.1. The van der Waals surface area contributed by atoms with Gasteiger partial charge in [-0.15, -0.1) is 0 Å². The highest BCUT2D eigenvalue weighted by Gasteiger charge is 2.53. The minimum Gasteiger partial charge on any atom is -0.463 e. The molecule has 1 rings (SSSR count). The monoisotopic (exact) mass is 1020 g/mol. The standard InChI is InChI=1S/C58H101NO13/c1-8-10-12-14-16-18-20-22-23-24-25-26-27-28-29-31-33-35-37-39-41-43-54(65)59-51(52(68-47(4)61)42-40-38-36-34-32-30-21-19-17-15-13-11-9-2)44-67-58-57(71-50(7)64)56(70-49(6)63)55(69-48(5)62)53(72-58)45-66-46(3)60/h22-23,40,42,51-53,55-58H,8-21,24-39,41,43-45H2,1-7H3,(H,59,65). The molecule has 7 unspecified atom stereocenters. The molecule has 0 aromatic heterocycles. The topological polar surface area (TPSA) is 179 Å². The van der Waals surface area contributed by atoms with Gasteiger partial charge in [-0.1, -0.05) is 186 Å². The Kier molecular flexibility index (Phi) is 41.1. The summed E-state index contributed by atoms with van der Waals surface area (Å²) >= 11 is 0. The molecular formula is C58H101NO13. The maximum absolute atomic E-state index is 13.6. The summed E-state index contributed by atoms with van der Waals surface area (Å²) in [6.07, 6.45) is 38.0. The molecule has 0 saturated carbocycles. The van der Waals surface area contributed by atoms with Gasteiger partial charge in [0.2, 0.25) is 5.91 Å². The molecule has 0 bridgehead atoms. The lowest BCUT2D eigenvalue weighted by molar-refractivity contribution is -0.309. The normalized spacial score (nSPS) is 18.7. The second-order valence-corrected chi connectivity index (χ2v) is 19.9. The zero-order valence-corrected chi connectivity index (χ0v) is 46.2. The van der Waals surface area contributed by atoms with Gasteiger partial charge in [0.15, 0.2) is 24.6 Å². The average molecular weight is 1020 g/mol. The Bertz CT molecular complexity index is 1500. The summed E-state index contributed by atoms with van der Waals surface area (Å²) in [7, 11) is 0. The lowest BCUT2D eigenvalue weighted by Crippen LogP contribution is -2.63. The Morgan fingerprint density at radius 3 is 1.31 bits per heavy atom. The molecule has 1 aliphatic heterocycles. The molecule has 1 aliphatic rings. The van der Waals surface area contributed by atoms with Crippen molar-refractivity contribution in [3.63, 3.8) is 0 Å². The van der Waals surface area contributed by atoms with E-state index < -0.39 is 79.3 Å². The van der Waals surface area contributed by atoms with Crippen LogP contribution in [-0.2, 0) is 61.9 Å². The highest BCUT2D eigenvalue weighted by Crippen LogP contribution is 2.30. The molecule has 1 amide bonds. The smallest absolute Gasteiger partial charge is 0.303 e. The lowest BCUT2D eigenvalue weighted by atomic mass is 9.98. The number of rotatable bonds is 45. The van der Waals surface area contributed by atoms with Crippen molar-refractivity contribution < 1.29 is 61.9 Å². The first-order valence-electron chi connectivity index (χ1n) is 28.5. The number of allylic oxidation sites excluding steroid dienone is 3.